The summed E-state index contributed by atoms with van der Waals surface area (Å²) >= 11 is 0. The lowest BCUT2D eigenvalue weighted by Gasteiger charge is -2.35. The number of amides is 3. The van der Waals surface area contributed by atoms with E-state index in [1.54, 1.807) is 0 Å². The molecule has 1 saturated heterocycles. The van der Waals surface area contributed by atoms with E-state index in [-0.39, 0.29) is 11.9 Å². The van der Waals surface area contributed by atoms with Crippen molar-refractivity contribution >= 4 is 11.9 Å². The van der Waals surface area contributed by atoms with Gasteiger partial charge in [-0.1, -0.05) is 33.1 Å². The Labute approximate surface area is 147 Å². The van der Waals surface area contributed by atoms with Gasteiger partial charge in [0, 0.05) is 38.1 Å². The predicted octanol–water partition coefficient (Wildman–Crippen LogP) is 3.39. The quantitative estimate of drug-likeness (QED) is 0.808. The molecule has 0 aromatic rings. The van der Waals surface area contributed by atoms with Gasteiger partial charge in [0.25, 0.3) is 0 Å². The van der Waals surface area contributed by atoms with Crippen LogP contribution < -0.4 is 5.32 Å². The standard InChI is InChI=1S/C19H35N3O2/c1-3-12-21(13-4-2)18(23)16-10-14-22(15-11-16)19(24)20-17-8-6-5-7-9-17/h16-17H,3-15H2,1-2H3,(H,20,24). The van der Waals surface area contributed by atoms with Crippen molar-refractivity contribution in [2.75, 3.05) is 26.2 Å². The minimum Gasteiger partial charge on any atom is -0.342 e. The van der Waals surface area contributed by atoms with Crippen molar-refractivity contribution in [1.29, 1.82) is 0 Å². The van der Waals surface area contributed by atoms with E-state index in [4.69, 9.17) is 0 Å². The van der Waals surface area contributed by atoms with Crippen molar-refractivity contribution in [3.63, 3.8) is 0 Å². The number of piperidine rings is 1. The molecule has 2 fully saturated rings. The molecule has 0 spiro atoms. The molecular weight excluding hydrogens is 302 g/mol. The first-order valence-corrected chi connectivity index (χ1v) is 9.99. The summed E-state index contributed by atoms with van der Waals surface area (Å²) in [7, 11) is 0. The largest absolute Gasteiger partial charge is 0.342 e. The van der Waals surface area contributed by atoms with Crippen LogP contribution in [0.2, 0.25) is 0 Å². The molecule has 0 unspecified atom stereocenters. The molecule has 5 heteroatoms. The number of hydrogen-bond acceptors (Lipinski definition) is 2. The number of carbonyl (C=O) groups excluding carboxylic acids is 2. The minimum absolute atomic E-state index is 0.0757. The summed E-state index contributed by atoms with van der Waals surface area (Å²) in [6, 6.07) is 0.432. The molecule has 0 bridgehead atoms. The fraction of sp³-hybridized carbons (Fsp3) is 0.895. The van der Waals surface area contributed by atoms with Gasteiger partial charge in [-0.15, -0.1) is 0 Å². The lowest BCUT2D eigenvalue weighted by atomic mass is 9.94. The van der Waals surface area contributed by atoms with Crippen molar-refractivity contribution in [3.8, 4) is 0 Å². The molecule has 5 nitrogen and oxygen atoms in total. The van der Waals surface area contributed by atoms with Gasteiger partial charge in [-0.3, -0.25) is 4.79 Å². The summed E-state index contributed by atoms with van der Waals surface area (Å²) in [6.45, 7) is 7.37. The van der Waals surface area contributed by atoms with Crippen LogP contribution in [0, 0.1) is 5.92 Å². The monoisotopic (exact) mass is 337 g/mol. The zero-order chi connectivity index (χ0) is 17.4. The first-order chi connectivity index (χ1) is 11.7. The zero-order valence-electron chi connectivity index (χ0n) is 15.6. The van der Waals surface area contributed by atoms with E-state index < -0.39 is 0 Å². The molecule has 24 heavy (non-hydrogen) atoms. The molecule has 1 saturated carbocycles. The van der Waals surface area contributed by atoms with Crippen LogP contribution >= 0.6 is 0 Å². The second-order valence-electron chi connectivity index (χ2n) is 7.37. The second kappa shape index (κ2) is 9.90. The number of likely N-dealkylation sites (tertiary alicyclic amines) is 1. The Balaban J connectivity index is 1.77. The van der Waals surface area contributed by atoms with Crippen molar-refractivity contribution < 1.29 is 9.59 Å². The normalized spacial score (nSPS) is 20.0. The highest BCUT2D eigenvalue weighted by atomic mass is 16.2. The van der Waals surface area contributed by atoms with Crippen molar-refractivity contribution in [1.82, 2.24) is 15.1 Å². The van der Waals surface area contributed by atoms with Gasteiger partial charge in [0.05, 0.1) is 0 Å². The van der Waals surface area contributed by atoms with E-state index in [9.17, 15) is 9.59 Å². The highest BCUT2D eigenvalue weighted by molar-refractivity contribution is 5.80. The molecule has 0 aromatic heterocycles. The van der Waals surface area contributed by atoms with E-state index >= 15 is 0 Å². The van der Waals surface area contributed by atoms with Gasteiger partial charge in [0.15, 0.2) is 0 Å². The fourth-order valence-electron chi connectivity index (χ4n) is 3.97. The van der Waals surface area contributed by atoms with Crippen LogP contribution in [0.1, 0.15) is 71.6 Å². The Morgan fingerprint density at radius 2 is 1.54 bits per heavy atom. The van der Waals surface area contributed by atoms with Gasteiger partial charge in [0.1, 0.15) is 0 Å². The first kappa shape index (κ1) is 19.1. The minimum atomic E-state index is 0.0757. The van der Waals surface area contributed by atoms with Gasteiger partial charge >= 0.3 is 6.03 Å². The summed E-state index contributed by atoms with van der Waals surface area (Å²) in [5, 5.41) is 3.19. The number of hydrogen-bond donors (Lipinski definition) is 1. The van der Waals surface area contributed by atoms with Gasteiger partial charge in [-0.25, -0.2) is 4.79 Å². The van der Waals surface area contributed by atoms with Crippen molar-refractivity contribution in [2.45, 2.75) is 77.7 Å². The van der Waals surface area contributed by atoms with Gasteiger partial charge < -0.3 is 15.1 Å². The summed E-state index contributed by atoms with van der Waals surface area (Å²) in [5.41, 5.74) is 0. The average Bonchev–Trinajstić information content (AvgIpc) is 2.62. The predicted molar refractivity (Wildman–Crippen MR) is 96.9 cm³/mol. The molecule has 1 N–H and O–H groups in total. The molecule has 1 aliphatic carbocycles. The van der Waals surface area contributed by atoms with Crippen LogP contribution in [-0.4, -0.2) is 54.0 Å². The maximum atomic E-state index is 12.7. The van der Waals surface area contributed by atoms with E-state index in [2.05, 4.69) is 19.2 Å². The van der Waals surface area contributed by atoms with Gasteiger partial charge in [0.2, 0.25) is 5.91 Å². The molecular formula is C19H35N3O2. The number of urea groups is 1. The van der Waals surface area contributed by atoms with Crippen molar-refractivity contribution in [3.05, 3.63) is 0 Å². The van der Waals surface area contributed by atoms with E-state index in [0.29, 0.717) is 25.0 Å². The summed E-state index contributed by atoms with van der Waals surface area (Å²) in [4.78, 5) is 29.0. The third kappa shape index (κ3) is 5.38. The average molecular weight is 338 g/mol. The van der Waals surface area contributed by atoms with Gasteiger partial charge in [-0.2, -0.15) is 0 Å². The third-order valence-electron chi connectivity index (χ3n) is 5.36. The van der Waals surface area contributed by atoms with E-state index in [1.165, 1.54) is 19.3 Å². The van der Waals surface area contributed by atoms with Gasteiger partial charge in [-0.05, 0) is 38.5 Å². The maximum absolute atomic E-state index is 12.7. The molecule has 138 valence electrons. The SMILES string of the molecule is CCCN(CCC)C(=O)C1CCN(C(=O)NC2CCCCC2)CC1. The van der Waals surface area contributed by atoms with Crippen LogP contribution in [0.5, 0.6) is 0 Å². The maximum Gasteiger partial charge on any atom is 0.317 e. The second-order valence-corrected chi connectivity index (χ2v) is 7.37. The Hall–Kier alpha value is -1.26. The van der Waals surface area contributed by atoms with Crippen molar-refractivity contribution in [2.24, 2.45) is 5.92 Å². The number of nitrogens with zero attached hydrogens (tertiary/aromatic N) is 2. The molecule has 0 radical (unpaired) electrons. The van der Waals surface area contributed by atoms with Crippen LogP contribution in [0.3, 0.4) is 0 Å². The van der Waals surface area contributed by atoms with Crippen LogP contribution in [-0.2, 0) is 4.79 Å². The number of nitrogens with one attached hydrogen (secondary N) is 1. The van der Waals surface area contributed by atoms with Crippen LogP contribution in [0.25, 0.3) is 0 Å². The Morgan fingerprint density at radius 1 is 0.958 bits per heavy atom. The number of carbonyl (C=O) groups is 2. The molecule has 1 heterocycles. The highest BCUT2D eigenvalue weighted by Crippen LogP contribution is 2.22. The lowest BCUT2D eigenvalue weighted by molar-refractivity contribution is -0.137. The fourth-order valence-corrected chi connectivity index (χ4v) is 3.97. The zero-order valence-corrected chi connectivity index (χ0v) is 15.6. The van der Waals surface area contributed by atoms with Crippen LogP contribution in [0.4, 0.5) is 4.79 Å². The first-order valence-electron chi connectivity index (χ1n) is 9.99. The van der Waals surface area contributed by atoms with Crippen LogP contribution in [0.15, 0.2) is 0 Å². The Kier molecular flexibility index (Phi) is 7.86. The Bertz CT molecular complexity index is 393. The molecule has 1 aliphatic heterocycles. The molecule has 0 atom stereocenters. The topological polar surface area (TPSA) is 52.7 Å². The summed E-state index contributed by atoms with van der Waals surface area (Å²) in [6.07, 6.45) is 9.61. The molecule has 3 amide bonds. The summed E-state index contributed by atoms with van der Waals surface area (Å²) in [5.74, 6) is 0.396. The third-order valence-corrected chi connectivity index (χ3v) is 5.36. The Morgan fingerprint density at radius 3 is 2.08 bits per heavy atom. The lowest BCUT2D eigenvalue weighted by Crippen LogP contribution is -2.50. The van der Waals surface area contributed by atoms with E-state index in [1.807, 2.05) is 9.80 Å². The summed E-state index contributed by atoms with van der Waals surface area (Å²) < 4.78 is 0. The molecule has 0 aromatic carbocycles. The highest BCUT2D eigenvalue weighted by Gasteiger charge is 2.30. The molecule has 2 rings (SSSR count). The number of rotatable bonds is 6. The molecule has 2 aliphatic rings. The van der Waals surface area contributed by atoms with E-state index in [0.717, 1.165) is 51.6 Å². The smallest absolute Gasteiger partial charge is 0.317 e.